The molecule has 5 heteroatoms. The first-order chi connectivity index (χ1) is 12.5. The molecule has 1 spiro atoms. The van der Waals surface area contributed by atoms with Crippen LogP contribution in [0.5, 0.6) is 0 Å². The van der Waals surface area contributed by atoms with E-state index in [-0.39, 0.29) is 0 Å². The molecule has 2 aliphatic heterocycles. The molecule has 2 saturated heterocycles. The topological polar surface area (TPSA) is 58.3 Å². The second-order valence-electron chi connectivity index (χ2n) is 8.20. The molecule has 0 saturated carbocycles. The molecule has 2 aliphatic rings. The Labute approximate surface area is 156 Å². The molecule has 3 heterocycles. The highest BCUT2D eigenvalue weighted by molar-refractivity contribution is 5.45. The average molecular weight is 351 g/mol. The summed E-state index contributed by atoms with van der Waals surface area (Å²) in [4.78, 5) is 13.7. The van der Waals surface area contributed by atoms with Crippen LogP contribution in [0.2, 0.25) is 0 Å². The molecule has 1 aromatic heterocycles. The van der Waals surface area contributed by atoms with Gasteiger partial charge in [-0.25, -0.2) is 4.98 Å². The zero-order valence-corrected chi connectivity index (χ0v) is 15.9. The minimum Gasteiger partial charge on any atom is -0.368 e. The molecule has 138 valence electrons. The number of piperidine rings is 1. The number of nitrogens with two attached hydrogens (primary N) is 1. The van der Waals surface area contributed by atoms with Gasteiger partial charge < -0.3 is 10.6 Å². The molecular weight excluding hydrogens is 322 g/mol. The van der Waals surface area contributed by atoms with Gasteiger partial charge in [0.25, 0.3) is 0 Å². The summed E-state index contributed by atoms with van der Waals surface area (Å²) < 4.78 is 0. The SMILES string of the molecule is Cc1cccc(CN2CCCC3(CCN(c4cc(C)nc(N)n4)C3)C2)c1. The summed E-state index contributed by atoms with van der Waals surface area (Å²) >= 11 is 0. The zero-order chi connectivity index (χ0) is 18.1. The fourth-order valence-corrected chi connectivity index (χ4v) is 4.71. The summed E-state index contributed by atoms with van der Waals surface area (Å²) in [6, 6.07) is 11.0. The van der Waals surface area contributed by atoms with E-state index in [1.54, 1.807) is 0 Å². The van der Waals surface area contributed by atoms with E-state index in [4.69, 9.17) is 5.73 Å². The Hall–Kier alpha value is -2.14. The number of anilines is 2. The number of likely N-dealkylation sites (tertiary alicyclic amines) is 1. The van der Waals surface area contributed by atoms with Crippen molar-refractivity contribution in [2.45, 2.75) is 39.7 Å². The number of hydrogen-bond donors (Lipinski definition) is 1. The van der Waals surface area contributed by atoms with Crippen LogP contribution in [-0.4, -0.2) is 41.0 Å². The first-order valence-corrected chi connectivity index (χ1v) is 9.65. The van der Waals surface area contributed by atoms with Crippen LogP contribution in [0.3, 0.4) is 0 Å². The van der Waals surface area contributed by atoms with Crippen molar-refractivity contribution in [3.05, 3.63) is 47.2 Å². The van der Waals surface area contributed by atoms with Crippen LogP contribution in [0.1, 0.15) is 36.1 Å². The van der Waals surface area contributed by atoms with Gasteiger partial charge in [-0.15, -0.1) is 0 Å². The van der Waals surface area contributed by atoms with Gasteiger partial charge in [0.2, 0.25) is 5.95 Å². The normalized spacial score (nSPS) is 23.7. The van der Waals surface area contributed by atoms with Crippen molar-refractivity contribution in [1.82, 2.24) is 14.9 Å². The van der Waals surface area contributed by atoms with Crippen LogP contribution in [0, 0.1) is 19.3 Å². The molecule has 2 N–H and O–H groups in total. The van der Waals surface area contributed by atoms with E-state index in [0.717, 1.165) is 31.1 Å². The summed E-state index contributed by atoms with van der Waals surface area (Å²) in [6.45, 7) is 9.74. The second kappa shape index (κ2) is 6.88. The molecular formula is C21H29N5. The molecule has 0 bridgehead atoms. The first-order valence-electron chi connectivity index (χ1n) is 9.65. The fraction of sp³-hybridized carbons (Fsp3) is 0.524. The monoisotopic (exact) mass is 351 g/mol. The summed E-state index contributed by atoms with van der Waals surface area (Å²) in [6.07, 6.45) is 3.83. The maximum absolute atomic E-state index is 5.86. The van der Waals surface area contributed by atoms with E-state index in [1.165, 1.54) is 43.5 Å². The predicted molar refractivity (Wildman–Crippen MR) is 106 cm³/mol. The van der Waals surface area contributed by atoms with Crippen LogP contribution in [0.4, 0.5) is 11.8 Å². The molecule has 4 rings (SSSR count). The van der Waals surface area contributed by atoms with Gasteiger partial charge in [0.1, 0.15) is 5.82 Å². The number of rotatable bonds is 3. The first kappa shape index (κ1) is 17.3. The summed E-state index contributed by atoms with van der Waals surface area (Å²) in [5, 5.41) is 0. The number of nitrogen functional groups attached to an aromatic ring is 1. The highest BCUT2D eigenvalue weighted by Gasteiger charge is 2.41. The standard InChI is InChI=1S/C21H29N5/c1-16-5-3-6-18(11-16)13-25-9-4-7-21(14-25)8-10-26(15-21)19-12-17(2)23-20(22)24-19/h3,5-6,11-12H,4,7-10,13-15H2,1-2H3,(H2,22,23,24). The van der Waals surface area contributed by atoms with E-state index in [9.17, 15) is 0 Å². The molecule has 0 aliphatic carbocycles. The number of aromatic nitrogens is 2. The van der Waals surface area contributed by atoms with E-state index < -0.39 is 0 Å². The Morgan fingerprint density at radius 3 is 2.77 bits per heavy atom. The van der Waals surface area contributed by atoms with E-state index in [1.807, 2.05) is 6.92 Å². The van der Waals surface area contributed by atoms with E-state index in [0.29, 0.717) is 11.4 Å². The highest BCUT2D eigenvalue weighted by Crippen LogP contribution is 2.40. The van der Waals surface area contributed by atoms with Crippen LogP contribution >= 0.6 is 0 Å². The maximum Gasteiger partial charge on any atom is 0.222 e. The lowest BCUT2D eigenvalue weighted by atomic mass is 9.79. The highest BCUT2D eigenvalue weighted by atomic mass is 15.3. The Morgan fingerprint density at radius 1 is 1.08 bits per heavy atom. The molecule has 0 amide bonds. The number of hydrogen-bond acceptors (Lipinski definition) is 5. The Balaban J connectivity index is 1.45. The molecule has 0 radical (unpaired) electrons. The summed E-state index contributed by atoms with van der Waals surface area (Å²) in [5.74, 6) is 1.37. The Bertz CT molecular complexity index is 769. The molecule has 2 aromatic rings. The summed E-state index contributed by atoms with van der Waals surface area (Å²) in [5.41, 5.74) is 9.96. The quantitative estimate of drug-likeness (QED) is 0.920. The van der Waals surface area contributed by atoms with Crippen molar-refractivity contribution in [3.63, 3.8) is 0 Å². The van der Waals surface area contributed by atoms with Crippen molar-refractivity contribution in [2.75, 3.05) is 36.8 Å². The lowest BCUT2D eigenvalue weighted by Crippen LogP contribution is -2.44. The third-order valence-corrected chi connectivity index (χ3v) is 5.85. The third-order valence-electron chi connectivity index (χ3n) is 5.85. The van der Waals surface area contributed by atoms with Crippen molar-refractivity contribution in [1.29, 1.82) is 0 Å². The van der Waals surface area contributed by atoms with Gasteiger partial charge in [-0.1, -0.05) is 29.8 Å². The smallest absolute Gasteiger partial charge is 0.222 e. The van der Waals surface area contributed by atoms with Gasteiger partial charge in [0.05, 0.1) is 0 Å². The zero-order valence-electron chi connectivity index (χ0n) is 15.9. The minimum atomic E-state index is 0.380. The molecule has 1 aromatic carbocycles. The molecule has 26 heavy (non-hydrogen) atoms. The van der Waals surface area contributed by atoms with Gasteiger partial charge >= 0.3 is 0 Å². The van der Waals surface area contributed by atoms with Gasteiger partial charge in [-0.2, -0.15) is 4.98 Å². The van der Waals surface area contributed by atoms with Crippen LogP contribution in [0.15, 0.2) is 30.3 Å². The van der Waals surface area contributed by atoms with E-state index >= 15 is 0 Å². The fourth-order valence-electron chi connectivity index (χ4n) is 4.71. The molecule has 5 nitrogen and oxygen atoms in total. The number of nitrogens with zero attached hydrogens (tertiary/aromatic N) is 4. The van der Waals surface area contributed by atoms with Gasteiger partial charge in [-0.3, -0.25) is 4.90 Å². The van der Waals surface area contributed by atoms with Gasteiger partial charge in [0, 0.05) is 43.4 Å². The van der Waals surface area contributed by atoms with Crippen LogP contribution in [0.25, 0.3) is 0 Å². The van der Waals surface area contributed by atoms with Crippen LogP contribution < -0.4 is 10.6 Å². The van der Waals surface area contributed by atoms with Crippen molar-refractivity contribution >= 4 is 11.8 Å². The second-order valence-corrected chi connectivity index (χ2v) is 8.20. The lowest BCUT2D eigenvalue weighted by molar-refractivity contribution is 0.0991. The Kier molecular flexibility index (Phi) is 4.57. The van der Waals surface area contributed by atoms with Crippen molar-refractivity contribution in [2.24, 2.45) is 5.41 Å². The number of benzene rings is 1. The summed E-state index contributed by atoms with van der Waals surface area (Å²) in [7, 11) is 0. The largest absolute Gasteiger partial charge is 0.368 e. The van der Waals surface area contributed by atoms with Crippen LogP contribution in [-0.2, 0) is 6.54 Å². The van der Waals surface area contributed by atoms with Gasteiger partial charge in [0.15, 0.2) is 0 Å². The van der Waals surface area contributed by atoms with Gasteiger partial charge in [-0.05, 0) is 45.2 Å². The Morgan fingerprint density at radius 2 is 1.96 bits per heavy atom. The van der Waals surface area contributed by atoms with Crippen molar-refractivity contribution in [3.8, 4) is 0 Å². The molecule has 1 unspecified atom stereocenters. The molecule has 1 atom stereocenters. The average Bonchev–Trinajstić information content (AvgIpc) is 2.97. The lowest BCUT2D eigenvalue weighted by Gasteiger charge is -2.40. The van der Waals surface area contributed by atoms with Crippen molar-refractivity contribution < 1.29 is 0 Å². The molecule has 2 fully saturated rings. The van der Waals surface area contributed by atoms with E-state index in [2.05, 4.69) is 57.0 Å². The minimum absolute atomic E-state index is 0.380. The maximum atomic E-state index is 5.86. The number of aryl methyl sites for hydroxylation is 2. The predicted octanol–water partition coefficient (Wildman–Crippen LogP) is 3.17. The third kappa shape index (κ3) is 3.68.